The van der Waals surface area contributed by atoms with E-state index in [2.05, 4.69) is 0 Å². The van der Waals surface area contributed by atoms with E-state index in [9.17, 15) is 0 Å². The molecule has 0 unspecified atom stereocenters. The molecule has 0 aromatic heterocycles. The van der Waals surface area contributed by atoms with Crippen molar-refractivity contribution in [1.82, 2.24) is 0 Å². The van der Waals surface area contributed by atoms with Crippen LogP contribution in [0.3, 0.4) is 0 Å². The molecular weight excluding hydrogens is 291 g/mol. The normalized spacial score (nSPS) is 4.71. The van der Waals surface area contributed by atoms with Crippen LogP contribution in [0.2, 0.25) is 0 Å². The van der Waals surface area contributed by atoms with E-state index in [0.717, 1.165) is 13.8 Å². The summed E-state index contributed by atoms with van der Waals surface area (Å²) < 4.78 is 0. The van der Waals surface area contributed by atoms with Crippen LogP contribution < -0.4 is 10.2 Å². The van der Waals surface area contributed by atoms with Gasteiger partial charge in [0.1, 0.15) is 0 Å². The third-order valence-electron chi connectivity index (χ3n) is 0.1000. The van der Waals surface area contributed by atoms with Crippen molar-refractivity contribution in [1.29, 1.82) is 0 Å². The van der Waals surface area contributed by atoms with Gasteiger partial charge < -0.3 is 51.9 Å². The molecule has 0 aromatic carbocycles. The minimum atomic E-state index is -1.08. The summed E-state index contributed by atoms with van der Waals surface area (Å²) in [5.41, 5.74) is 0. The molecule has 0 aliphatic carbocycles. The molecule has 0 amide bonds. The number of carboxylic acid groups (broad SMARTS) is 2. The van der Waals surface area contributed by atoms with Crippen molar-refractivity contribution in [2.24, 2.45) is 0 Å². The zero-order valence-corrected chi connectivity index (χ0v) is 10.3. The SMILES string of the molecule is CC(=O)[O-].CC(=O)[O-].O.O.O.O.OCCO.[Co+2]. The number of aliphatic hydroxyl groups is 2. The summed E-state index contributed by atoms with van der Waals surface area (Å²) in [6, 6.07) is 0. The van der Waals surface area contributed by atoms with Gasteiger partial charge >= 0.3 is 16.8 Å². The Morgan fingerprint density at radius 3 is 0.882 bits per heavy atom. The van der Waals surface area contributed by atoms with Gasteiger partial charge in [-0.15, -0.1) is 0 Å². The molecule has 1 radical (unpaired) electrons. The average molecular weight is 311 g/mol. The van der Waals surface area contributed by atoms with Gasteiger partial charge in [-0.25, -0.2) is 0 Å². The molecule has 0 saturated heterocycles. The second-order valence-corrected chi connectivity index (χ2v) is 1.43. The van der Waals surface area contributed by atoms with E-state index in [1.54, 1.807) is 0 Å². The Hall–Kier alpha value is -0.794. The Bertz CT molecular complexity index is 97.4. The quantitative estimate of drug-likeness (QED) is 0.475. The number of rotatable bonds is 1. The molecule has 0 aromatic rings. The fourth-order valence-corrected chi connectivity index (χ4v) is 0. The smallest absolute Gasteiger partial charge is 0.550 e. The van der Waals surface area contributed by atoms with Crippen molar-refractivity contribution in [3.8, 4) is 0 Å². The molecule has 0 rings (SSSR count). The van der Waals surface area contributed by atoms with Gasteiger partial charge in [0, 0.05) is 11.9 Å². The molecule has 0 aliphatic heterocycles. The summed E-state index contributed by atoms with van der Waals surface area (Å²) in [7, 11) is 0. The molecule has 11 heteroatoms. The van der Waals surface area contributed by atoms with Gasteiger partial charge in [-0.2, -0.15) is 0 Å². The maximum atomic E-state index is 8.89. The van der Waals surface area contributed by atoms with Crippen LogP contribution in [0.4, 0.5) is 0 Å². The number of carbonyl (C=O) groups excluding carboxylic acids is 2. The Balaban J connectivity index is -0.0000000104. The van der Waals surface area contributed by atoms with Crippen LogP contribution in [0, 0.1) is 0 Å². The van der Waals surface area contributed by atoms with Gasteiger partial charge in [0.15, 0.2) is 0 Å². The fraction of sp³-hybridized carbons (Fsp3) is 0.667. The van der Waals surface area contributed by atoms with E-state index in [1.807, 2.05) is 0 Å². The molecular formula is C6H20CoO10. The molecule has 0 atom stereocenters. The van der Waals surface area contributed by atoms with Crippen molar-refractivity contribution < 1.29 is 68.7 Å². The molecule has 0 spiro atoms. The largest absolute Gasteiger partial charge is 2.00 e. The van der Waals surface area contributed by atoms with Crippen molar-refractivity contribution in [2.75, 3.05) is 13.2 Å². The molecule has 10 N–H and O–H groups in total. The third kappa shape index (κ3) is 62200. The molecule has 0 fully saturated rings. The van der Waals surface area contributed by atoms with Crippen LogP contribution in [0.1, 0.15) is 13.8 Å². The Labute approximate surface area is 108 Å². The van der Waals surface area contributed by atoms with Gasteiger partial charge in [0.25, 0.3) is 0 Å². The van der Waals surface area contributed by atoms with Crippen LogP contribution in [0.25, 0.3) is 0 Å². The Kier molecular flexibility index (Phi) is 193. The van der Waals surface area contributed by atoms with E-state index in [4.69, 9.17) is 30.0 Å². The molecule has 0 heterocycles. The molecule has 10 nitrogen and oxygen atoms in total. The topological polar surface area (TPSA) is 247 Å². The van der Waals surface area contributed by atoms with Crippen molar-refractivity contribution in [2.45, 2.75) is 13.8 Å². The van der Waals surface area contributed by atoms with E-state index in [0.29, 0.717) is 0 Å². The van der Waals surface area contributed by atoms with Gasteiger partial charge in [-0.05, 0) is 13.8 Å². The first-order chi connectivity index (χ1) is 5.38. The summed E-state index contributed by atoms with van der Waals surface area (Å²) in [6.07, 6.45) is 0. The standard InChI is InChI=1S/2C2H4O2.C2H6O2.Co.4H2O/c2*1-2(3)4;3-1-2-4;;;;;/h2*1H3,(H,3,4);3-4H,1-2H2;;4*1H2/q;;;+2;;;;/p-2. The summed E-state index contributed by atoms with van der Waals surface area (Å²) >= 11 is 0. The molecule has 0 bridgehead atoms. The molecule has 0 saturated carbocycles. The predicted octanol–water partition coefficient (Wildman–Crippen LogP) is -6.82. The summed E-state index contributed by atoms with van der Waals surface area (Å²) in [6.45, 7) is 1.69. The van der Waals surface area contributed by atoms with Gasteiger partial charge in [0.05, 0.1) is 13.2 Å². The van der Waals surface area contributed by atoms with Crippen LogP contribution >= 0.6 is 0 Å². The van der Waals surface area contributed by atoms with Crippen LogP contribution in [0.15, 0.2) is 0 Å². The predicted molar refractivity (Wildman–Crippen MR) is 50.0 cm³/mol. The van der Waals surface area contributed by atoms with Crippen LogP contribution in [-0.4, -0.2) is 57.3 Å². The molecule has 0 aliphatic rings. The number of aliphatic hydroxyl groups excluding tert-OH is 2. The zero-order valence-electron chi connectivity index (χ0n) is 9.27. The summed E-state index contributed by atoms with van der Waals surface area (Å²) in [4.78, 5) is 17.8. The minimum absolute atomic E-state index is 0. The van der Waals surface area contributed by atoms with E-state index >= 15 is 0 Å². The second kappa shape index (κ2) is 59.1. The minimum Gasteiger partial charge on any atom is -0.550 e. The maximum Gasteiger partial charge on any atom is 2.00 e. The van der Waals surface area contributed by atoms with Crippen LogP contribution in [0.5, 0.6) is 0 Å². The summed E-state index contributed by atoms with van der Waals surface area (Å²) in [5, 5.41) is 33.0. The summed E-state index contributed by atoms with van der Waals surface area (Å²) in [5.74, 6) is -2.17. The maximum absolute atomic E-state index is 8.89. The zero-order chi connectivity index (χ0) is 10.6. The van der Waals surface area contributed by atoms with Crippen LogP contribution in [-0.2, 0) is 26.4 Å². The Morgan fingerprint density at radius 2 is 0.882 bits per heavy atom. The second-order valence-electron chi connectivity index (χ2n) is 1.43. The molecule has 17 heavy (non-hydrogen) atoms. The first kappa shape index (κ1) is 55.6. The first-order valence-electron chi connectivity index (χ1n) is 2.95. The number of carbonyl (C=O) groups is 2. The third-order valence-corrected chi connectivity index (χ3v) is 0.1000. The fourth-order valence-electron chi connectivity index (χ4n) is 0. The molecule has 113 valence electrons. The number of hydrogen-bond donors (Lipinski definition) is 2. The van der Waals surface area contributed by atoms with Gasteiger partial charge in [0.2, 0.25) is 0 Å². The van der Waals surface area contributed by atoms with E-state index in [-0.39, 0.29) is 51.9 Å². The number of aliphatic carboxylic acids is 2. The first-order valence-corrected chi connectivity index (χ1v) is 2.95. The average Bonchev–Trinajstić information content (AvgIpc) is 1.85. The Morgan fingerprint density at radius 1 is 0.824 bits per heavy atom. The van der Waals surface area contributed by atoms with Crippen molar-refractivity contribution >= 4 is 11.9 Å². The van der Waals surface area contributed by atoms with Gasteiger partial charge in [-0.1, -0.05) is 0 Å². The number of hydrogen-bond acceptors (Lipinski definition) is 6. The van der Waals surface area contributed by atoms with Gasteiger partial charge in [-0.3, -0.25) is 0 Å². The van der Waals surface area contributed by atoms with Crippen molar-refractivity contribution in [3.05, 3.63) is 0 Å². The van der Waals surface area contributed by atoms with E-state index in [1.165, 1.54) is 0 Å². The monoisotopic (exact) mass is 311 g/mol. The van der Waals surface area contributed by atoms with E-state index < -0.39 is 11.9 Å². The van der Waals surface area contributed by atoms with Crippen molar-refractivity contribution in [3.63, 3.8) is 0 Å². The number of carboxylic acids is 2.